The van der Waals surface area contributed by atoms with E-state index in [1.807, 2.05) is 6.08 Å². The van der Waals surface area contributed by atoms with Gasteiger partial charge in [-0.15, -0.1) is 6.58 Å². The Balaban J connectivity index is 4.06. The van der Waals surface area contributed by atoms with Crippen molar-refractivity contribution in [1.29, 1.82) is 0 Å². The van der Waals surface area contributed by atoms with E-state index in [9.17, 15) is 0 Å². The molecule has 11 heavy (non-hydrogen) atoms. The number of rotatable bonds is 5. The Labute approximate surface area is 70.2 Å². The van der Waals surface area contributed by atoms with Crippen molar-refractivity contribution in [3.63, 3.8) is 0 Å². The predicted octanol–water partition coefficient (Wildman–Crippen LogP) is 2.92. The van der Waals surface area contributed by atoms with Crippen molar-refractivity contribution in [1.82, 2.24) is 0 Å². The number of nitrogens with zero attached hydrogens (tertiary/aromatic N) is 1. The summed E-state index contributed by atoms with van der Waals surface area (Å²) in [5.41, 5.74) is 0. The molecule has 0 aliphatic carbocycles. The molecule has 0 aromatic carbocycles. The fourth-order valence-corrected chi connectivity index (χ4v) is 1.16. The van der Waals surface area contributed by atoms with E-state index in [1.165, 1.54) is 6.42 Å². The van der Waals surface area contributed by atoms with Gasteiger partial charge in [0.2, 0.25) is 0 Å². The van der Waals surface area contributed by atoms with Crippen molar-refractivity contribution in [2.24, 2.45) is 16.8 Å². The summed E-state index contributed by atoms with van der Waals surface area (Å²) in [4.78, 5) is 4.01. The maximum absolute atomic E-state index is 4.01. The first-order valence-electron chi connectivity index (χ1n) is 4.25. The molecular weight excluding hydrogens is 134 g/mol. The predicted molar refractivity (Wildman–Crippen MR) is 52.2 cm³/mol. The van der Waals surface area contributed by atoms with Gasteiger partial charge in [-0.25, -0.2) is 0 Å². The molecule has 1 nitrogen and oxygen atoms in total. The maximum Gasteiger partial charge on any atom is 0.0698 e. The standard InChI is InChI=1S/C10H19N/c1-6-8(3)9(4)10(7-2)11-5/h7-10H,2,5-6H2,1,3-4H3. The van der Waals surface area contributed by atoms with Crippen LogP contribution in [0, 0.1) is 11.8 Å². The largest absolute Gasteiger partial charge is 0.293 e. The Bertz CT molecular complexity index is 121. The van der Waals surface area contributed by atoms with Gasteiger partial charge in [-0.3, -0.25) is 4.99 Å². The van der Waals surface area contributed by atoms with Crippen LogP contribution in [0.5, 0.6) is 0 Å². The van der Waals surface area contributed by atoms with Crippen LogP contribution >= 0.6 is 0 Å². The van der Waals surface area contributed by atoms with Crippen molar-refractivity contribution in [3.8, 4) is 0 Å². The minimum Gasteiger partial charge on any atom is -0.293 e. The summed E-state index contributed by atoms with van der Waals surface area (Å²) in [7, 11) is 0. The van der Waals surface area contributed by atoms with Crippen LogP contribution in [0.2, 0.25) is 0 Å². The minimum atomic E-state index is 0.227. The van der Waals surface area contributed by atoms with Gasteiger partial charge < -0.3 is 0 Å². The summed E-state index contributed by atoms with van der Waals surface area (Å²) in [6.07, 6.45) is 3.07. The Morgan fingerprint density at radius 1 is 1.45 bits per heavy atom. The van der Waals surface area contributed by atoms with Crippen LogP contribution in [0.1, 0.15) is 27.2 Å². The second-order valence-electron chi connectivity index (χ2n) is 3.15. The topological polar surface area (TPSA) is 12.4 Å². The zero-order chi connectivity index (χ0) is 8.85. The van der Waals surface area contributed by atoms with Crippen LogP contribution in [0.25, 0.3) is 0 Å². The molecule has 0 aromatic heterocycles. The maximum atomic E-state index is 4.01. The average molecular weight is 153 g/mol. The molecule has 0 aromatic rings. The molecule has 1 heteroatoms. The summed E-state index contributed by atoms with van der Waals surface area (Å²) in [5, 5.41) is 0. The molecule has 0 aliphatic rings. The third kappa shape index (κ3) is 2.87. The quantitative estimate of drug-likeness (QED) is 0.425. The van der Waals surface area contributed by atoms with Crippen molar-refractivity contribution >= 4 is 6.72 Å². The van der Waals surface area contributed by atoms with Gasteiger partial charge in [-0.05, 0) is 18.6 Å². The van der Waals surface area contributed by atoms with E-state index in [4.69, 9.17) is 0 Å². The number of aliphatic imine (C=N–C) groups is 1. The summed E-state index contributed by atoms with van der Waals surface area (Å²) in [6, 6.07) is 0.227. The fourth-order valence-electron chi connectivity index (χ4n) is 1.16. The van der Waals surface area contributed by atoms with Crippen molar-refractivity contribution < 1.29 is 0 Å². The second-order valence-corrected chi connectivity index (χ2v) is 3.15. The zero-order valence-corrected chi connectivity index (χ0v) is 7.88. The van der Waals surface area contributed by atoms with Crippen LogP contribution in [0.3, 0.4) is 0 Å². The van der Waals surface area contributed by atoms with Gasteiger partial charge in [0, 0.05) is 0 Å². The number of hydrogen-bond donors (Lipinski definition) is 0. The van der Waals surface area contributed by atoms with E-state index in [2.05, 4.69) is 39.1 Å². The van der Waals surface area contributed by atoms with Gasteiger partial charge >= 0.3 is 0 Å². The van der Waals surface area contributed by atoms with Gasteiger partial charge in [0.25, 0.3) is 0 Å². The van der Waals surface area contributed by atoms with Crippen molar-refractivity contribution in [3.05, 3.63) is 12.7 Å². The van der Waals surface area contributed by atoms with Crippen LogP contribution in [-0.2, 0) is 0 Å². The van der Waals surface area contributed by atoms with E-state index in [0.717, 1.165) is 0 Å². The highest BCUT2D eigenvalue weighted by atomic mass is 14.7. The Morgan fingerprint density at radius 2 is 2.00 bits per heavy atom. The molecule has 0 aliphatic heterocycles. The molecule has 64 valence electrons. The number of hydrogen-bond acceptors (Lipinski definition) is 1. The summed E-state index contributed by atoms with van der Waals surface area (Å²) >= 11 is 0. The average Bonchev–Trinajstić information content (AvgIpc) is 2.05. The van der Waals surface area contributed by atoms with Gasteiger partial charge in [-0.2, -0.15) is 0 Å². The van der Waals surface area contributed by atoms with E-state index >= 15 is 0 Å². The molecule has 0 saturated carbocycles. The van der Waals surface area contributed by atoms with Crippen LogP contribution in [0.4, 0.5) is 0 Å². The van der Waals surface area contributed by atoms with Crippen molar-refractivity contribution in [2.75, 3.05) is 0 Å². The first-order valence-corrected chi connectivity index (χ1v) is 4.25. The molecule has 0 saturated heterocycles. The molecule has 0 N–H and O–H groups in total. The Hall–Kier alpha value is -0.590. The molecule has 0 rings (SSSR count). The highest BCUT2D eigenvalue weighted by Crippen LogP contribution is 2.20. The zero-order valence-electron chi connectivity index (χ0n) is 7.88. The smallest absolute Gasteiger partial charge is 0.0698 e. The summed E-state index contributed by atoms with van der Waals surface area (Å²) < 4.78 is 0. The lowest BCUT2D eigenvalue weighted by Gasteiger charge is -2.22. The summed E-state index contributed by atoms with van der Waals surface area (Å²) in [6.45, 7) is 13.9. The molecule has 3 atom stereocenters. The first-order chi connectivity index (χ1) is 5.17. The highest BCUT2D eigenvalue weighted by molar-refractivity contribution is 5.25. The molecule has 0 fully saturated rings. The van der Waals surface area contributed by atoms with E-state index in [0.29, 0.717) is 11.8 Å². The van der Waals surface area contributed by atoms with Gasteiger partial charge in [0.05, 0.1) is 6.04 Å². The van der Waals surface area contributed by atoms with Crippen LogP contribution in [-0.4, -0.2) is 12.8 Å². The second kappa shape index (κ2) is 5.11. The van der Waals surface area contributed by atoms with E-state index in [-0.39, 0.29) is 6.04 Å². The Kier molecular flexibility index (Phi) is 4.84. The highest BCUT2D eigenvalue weighted by Gasteiger charge is 2.16. The lowest BCUT2D eigenvalue weighted by Crippen LogP contribution is -2.19. The SMILES string of the molecule is C=CC(N=C)C(C)C(C)CC. The fraction of sp³-hybridized carbons (Fsp3) is 0.700. The van der Waals surface area contributed by atoms with Gasteiger partial charge in [-0.1, -0.05) is 33.3 Å². The molecule has 0 bridgehead atoms. The molecule has 0 radical (unpaired) electrons. The summed E-state index contributed by atoms with van der Waals surface area (Å²) in [5.74, 6) is 1.26. The monoisotopic (exact) mass is 153 g/mol. The minimum absolute atomic E-state index is 0.227. The third-order valence-corrected chi connectivity index (χ3v) is 2.53. The van der Waals surface area contributed by atoms with Crippen LogP contribution < -0.4 is 0 Å². The first kappa shape index (κ1) is 10.4. The lowest BCUT2D eigenvalue weighted by molar-refractivity contribution is 0.350. The lowest BCUT2D eigenvalue weighted by atomic mass is 9.87. The molecule has 3 unspecified atom stereocenters. The third-order valence-electron chi connectivity index (χ3n) is 2.53. The van der Waals surface area contributed by atoms with Crippen molar-refractivity contribution in [2.45, 2.75) is 33.2 Å². The van der Waals surface area contributed by atoms with Gasteiger partial charge in [0.1, 0.15) is 0 Å². The molecule has 0 heterocycles. The van der Waals surface area contributed by atoms with Gasteiger partial charge in [0.15, 0.2) is 0 Å². The molecular formula is C10H19N. The molecule has 0 spiro atoms. The van der Waals surface area contributed by atoms with E-state index in [1.54, 1.807) is 0 Å². The van der Waals surface area contributed by atoms with E-state index < -0.39 is 0 Å². The molecule has 0 amide bonds. The Morgan fingerprint density at radius 3 is 2.27 bits per heavy atom. The normalized spacial score (nSPS) is 18.5. The van der Waals surface area contributed by atoms with Crippen LogP contribution in [0.15, 0.2) is 17.6 Å².